The molecular weight excluding hydrogens is 491 g/mol. The number of nitrogens with zero attached hydrogens (tertiary/aromatic N) is 2. The number of amides is 1. The van der Waals surface area contributed by atoms with E-state index in [0.717, 1.165) is 16.9 Å². The second-order valence-corrected chi connectivity index (χ2v) is 10.1. The number of ether oxygens (including phenoxy) is 1. The van der Waals surface area contributed by atoms with Crippen molar-refractivity contribution in [2.75, 3.05) is 11.5 Å². The highest BCUT2D eigenvalue weighted by Crippen LogP contribution is 2.44. The van der Waals surface area contributed by atoms with E-state index >= 15 is 0 Å². The van der Waals surface area contributed by atoms with Crippen LogP contribution in [0.1, 0.15) is 49.4 Å². The summed E-state index contributed by atoms with van der Waals surface area (Å²) in [6.45, 7) is 6.52. The smallest absolute Gasteiger partial charge is 0.301 e. The topological polar surface area (TPSA) is 79.7 Å². The van der Waals surface area contributed by atoms with Crippen LogP contribution in [-0.2, 0) is 9.59 Å². The molecule has 1 saturated heterocycles. The summed E-state index contributed by atoms with van der Waals surface area (Å²) in [5.74, 6) is -1.39. The van der Waals surface area contributed by atoms with Crippen LogP contribution in [0, 0.1) is 5.82 Å². The van der Waals surface area contributed by atoms with Crippen molar-refractivity contribution in [3.8, 4) is 5.75 Å². The van der Waals surface area contributed by atoms with Gasteiger partial charge in [-0.3, -0.25) is 14.5 Å². The molecule has 5 rings (SSSR count). The van der Waals surface area contributed by atoms with Crippen molar-refractivity contribution >= 4 is 44.1 Å². The maximum atomic E-state index is 13.8. The number of fused-ring (bicyclic) bond motifs is 1. The number of carbonyl (C=O) groups excluding carboxylic acids is 2. The largest absolute Gasteiger partial charge is 0.507 e. The molecule has 1 fully saturated rings. The molecule has 1 aliphatic rings. The number of ketones is 1. The van der Waals surface area contributed by atoms with Crippen LogP contribution in [0.3, 0.4) is 0 Å². The van der Waals surface area contributed by atoms with Gasteiger partial charge >= 0.3 is 5.91 Å². The fraction of sp³-hybridized carbons (Fsp3) is 0.207. The molecule has 0 unspecified atom stereocenters. The first kappa shape index (κ1) is 24.6. The van der Waals surface area contributed by atoms with Gasteiger partial charge in [0.15, 0.2) is 5.13 Å². The fourth-order valence-corrected chi connectivity index (χ4v) is 5.45. The second kappa shape index (κ2) is 9.78. The van der Waals surface area contributed by atoms with E-state index in [4.69, 9.17) is 4.74 Å². The van der Waals surface area contributed by atoms with Crippen LogP contribution < -0.4 is 9.64 Å². The SMILES string of the molecule is CCOc1ccc(C(O)=C2C(=O)C(=O)N(c3nc4ccc(F)cc4s3)[C@H]2c2ccc(C(C)C)cc2)cc1. The molecule has 3 aromatic carbocycles. The summed E-state index contributed by atoms with van der Waals surface area (Å²) in [5, 5.41) is 11.6. The minimum atomic E-state index is -0.904. The molecule has 1 aromatic heterocycles. The van der Waals surface area contributed by atoms with Crippen molar-refractivity contribution in [1.29, 1.82) is 0 Å². The summed E-state index contributed by atoms with van der Waals surface area (Å²) in [6.07, 6.45) is 0. The van der Waals surface area contributed by atoms with Gasteiger partial charge in [0.25, 0.3) is 5.78 Å². The number of hydrogen-bond donors (Lipinski definition) is 1. The van der Waals surface area contributed by atoms with Gasteiger partial charge in [0.1, 0.15) is 17.3 Å². The van der Waals surface area contributed by atoms with Gasteiger partial charge in [0.2, 0.25) is 0 Å². The Morgan fingerprint density at radius 2 is 1.78 bits per heavy atom. The normalized spacial score (nSPS) is 17.2. The number of aliphatic hydroxyl groups excluding tert-OH is 1. The Morgan fingerprint density at radius 3 is 2.43 bits per heavy atom. The van der Waals surface area contributed by atoms with Gasteiger partial charge in [-0.1, -0.05) is 49.4 Å². The number of aliphatic hydroxyl groups is 1. The number of thiazole rings is 1. The Labute approximate surface area is 217 Å². The van der Waals surface area contributed by atoms with E-state index in [-0.39, 0.29) is 16.5 Å². The standard InChI is InChI=1S/C29H25FN2O4S/c1-4-36-21-12-9-19(10-13-21)26(33)24-25(18-7-5-17(6-8-18)16(2)3)32(28(35)27(24)34)29-31-22-14-11-20(30)15-23(22)37-29/h5-16,25,33H,4H2,1-3H3/t25-/m0/s1. The molecule has 4 aromatic rings. The molecule has 37 heavy (non-hydrogen) atoms. The molecule has 0 aliphatic carbocycles. The Balaban J connectivity index is 1.68. The van der Waals surface area contributed by atoms with Gasteiger partial charge in [0, 0.05) is 5.56 Å². The number of halogens is 1. The minimum Gasteiger partial charge on any atom is -0.507 e. The van der Waals surface area contributed by atoms with Crippen molar-refractivity contribution in [3.05, 3.63) is 94.8 Å². The lowest BCUT2D eigenvalue weighted by Crippen LogP contribution is -2.29. The zero-order chi connectivity index (χ0) is 26.3. The Morgan fingerprint density at radius 1 is 1.08 bits per heavy atom. The third kappa shape index (κ3) is 4.49. The average molecular weight is 517 g/mol. The minimum absolute atomic E-state index is 0.0307. The molecule has 0 radical (unpaired) electrons. The van der Waals surface area contributed by atoms with Crippen LogP contribution in [0.2, 0.25) is 0 Å². The van der Waals surface area contributed by atoms with E-state index in [2.05, 4.69) is 18.8 Å². The van der Waals surface area contributed by atoms with E-state index in [9.17, 15) is 19.1 Å². The molecular formula is C29H25FN2O4S. The molecule has 1 aliphatic heterocycles. The molecule has 1 amide bonds. The zero-order valence-electron chi connectivity index (χ0n) is 20.6. The third-order valence-corrected chi connectivity index (χ3v) is 7.36. The van der Waals surface area contributed by atoms with Crippen LogP contribution in [0.15, 0.2) is 72.3 Å². The van der Waals surface area contributed by atoms with Gasteiger partial charge in [-0.25, -0.2) is 9.37 Å². The highest BCUT2D eigenvalue weighted by molar-refractivity contribution is 7.22. The van der Waals surface area contributed by atoms with E-state index in [1.165, 1.54) is 23.1 Å². The summed E-state index contributed by atoms with van der Waals surface area (Å²) in [4.78, 5) is 32.6. The first-order chi connectivity index (χ1) is 17.8. The molecule has 0 bridgehead atoms. The van der Waals surface area contributed by atoms with Crippen LogP contribution in [0.4, 0.5) is 9.52 Å². The fourth-order valence-electron chi connectivity index (χ4n) is 4.43. The number of anilines is 1. The lowest BCUT2D eigenvalue weighted by molar-refractivity contribution is -0.132. The van der Waals surface area contributed by atoms with E-state index < -0.39 is 23.5 Å². The molecule has 188 valence electrons. The Bertz CT molecular complexity index is 1520. The molecule has 6 nitrogen and oxygen atoms in total. The van der Waals surface area contributed by atoms with Crippen molar-refractivity contribution in [2.45, 2.75) is 32.7 Å². The number of Topliss-reactive ketones (excluding diaryl/α,β-unsaturated/α-hetero) is 1. The van der Waals surface area contributed by atoms with Crippen LogP contribution in [0.25, 0.3) is 16.0 Å². The second-order valence-electron chi connectivity index (χ2n) is 9.06. The van der Waals surface area contributed by atoms with Crippen molar-refractivity contribution in [2.24, 2.45) is 0 Å². The highest BCUT2D eigenvalue weighted by Gasteiger charge is 2.48. The number of rotatable bonds is 6. The quantitative estimate of drug-likeness (QED) is 0.178. The van der Waals surface area contributed by atoms with Crippen molar-refractivity contribution < 1.29 is 23.8 Å². The van der Waals surface area contributed by atoms with Crippen LogP contribution in [0.5, 0.6) is 5.75 Å². The van der Waals surface area contributed by atoms with Gasteiger partial charge in [-0.2, -0.15) is 0 Å². The highest BCUT2D eigenvalue weighted by atomic mass is 32.1. The first-order valence-electron chi connectivity index (χ1n) is 12.0. The lowest BCUT2D eigenvalue weighted by atomic mass is 9.93. The molecule has 0 spiro atoms. The van der Waals surface area contributed by atoms with Crippen molar-refractivity contribution in [1.82, 2.24) is 4.98 Å². The number of carbonyl (C=O) groups is 2. The molecule has 8 heteroatoms. The summed E-state index contributed by atoms with van der Waals surface area (Å²) in [7, 11) is 0. The maximum absolute atomic E-state index is 13.8. The summed E-state index contributed by atoms with van der Waals surface area (Å²) >= 11 is 1.12. The first-order valence-corrected chi connectivity index (χ1v) is 12.8. The maximum Gasteiger partial charge on any atom is 0.301 e. The Hall–Kier alpha value is -4.04. The van der Waals surface area contributed by atoms with Gasteiger partial charge < -0.3 is 9.84 Å². The zero-order valence-corrected chi connectivity index (χ0v) is 21.4. The molecule has 0 saturated carbocycles. The number of hydrogen-bond acceptors (Lipinski definition) is 6. The van der Waals surface area contributed by atoms with Gasteiger partial charge in [0.05, 0.1) is 28.4 Å². The summed E-state index contributed by atoms with van der Waals surface area (Å²) in [5.41, 5.74) is 2.63. The summed E-state index contributed by atoms with van der Waals surface area (Å²) in [6, 6.07) is 17.6. The lowest BCUT2D eigenvalue weighted by Gasteiger charge is -2.23. The van der Waals surface area contributed by atoms with Crippen molar-refractivity contribution in [3.63, 3.8) is 0 Å². The molecule has 1 N–H and O–H groups in total. The van der Waals surface area contributed by atoms with E-state index in [1.54, 1.807) is 24.3 Å². The number of aromatic nitrogens is 1. The van der Waals surface area contributed by atoms with Crippen LogP contribution >= 0.6 is 11.3 Å². The van der Waals surface area contributed by atoms with Crippen LogP contribution in [-0.4, -0.2) is 28.4 Å². The third-order valence-electron chi connectivity index (χ3n) is 6.35. The van der Waals surface area contributed by atoms with E-state index in [1.807, 2.05) is 31.2 Å². The van der Waals surface area contributed by atoms with E-state index in [0.29, 0.717) is 39.6 Å². The van der Waals surface area contributed by atoms with Gasteiger partial charge in [-0.05, 0) is 66.4 Å². The number of benzene rings is 3. The summed E-state index contributed by atoms with van der Waals surface area (Å²) < 4.78 is 19.9. The molecule has 2 heterocycles. The van der Waals surface area contributed by atoms with Gasteiger partial charge in [-0.15, -0.1) is 0 Å². The molecule has 1 atom stereocenters. The monoisotopic (exact) mass is 516 g/mol. The Kier molecular flexibility index (Phi) is 6.52. The predicted octanol–water partition coefficient (Wildman–Crippen LogP) is 6.58. The average Bonchev–Trinajstić information content (AvgIpc) is 3.42. The predicted molar refractivity (Wildman–Crippen MR) is 143 cm³/mol.